The molecule has 0 heterocycles. The lowest BCUT2D eigenvalue weighted by molar-refractivity contribution is -0.126. The largest absolute Gasteiger partial charge is 0.391 e. The molecular formula is C26H50N2O2. The predicted octanol–water partition coefficient (Wildman–Crippen LogP) is 5.60. The monoisotopic (exact) mass is 422 g/mol. The summed E-state index contributed by atoms with van der Waals surface area (Å²) in [5, 5.41) is 17.9. The van der Waals surface area contributed by atoms with Crippen LogP contribution in [-0.4, -0.2) is 36.2 Å². The number of amides is 1. The van der Waals surface area contributed by atoms with Gasteiger partial charge in [-0.25, -0.2) is 0 Å². The highest BCUT2D eigenvalue weighted by Crippen LogP contribution is 2.29. The summed E-state index contributed by atoms with van der Waals surface area (Å²) in [4.78, 5) is 12.8. The van der Waals surface area contributed by atoms with Crippen LogP contribution < -0.4 is 10.6 Å². The number of allylic oxidation sites excluding steroid dienone is 1. The molecule has 4 nitrogen and oxygen atoms in total. The van der Waals surface area contributed by atoms with E-state index in [9.17, 15) is 9.90 Å². The number of hydrogen-bond donors (Lipinski definition) is 3. The standard InChI is InChI=1S/C26H50N2O2/c1-6-7-15-28-26(30)23(17-21(4)5)19-25(29)24(27-16-11-12-20(2)3)18-22-13-9-8-10-14-22/h20,22-25,27,29H,4,6-19H2,1-3,5H3,(H,28,30). The second kappa shape index (κ2) is 15.9. The van der Waals surface area contributed by atoms with Crippen molar-refractivity contribution in [1.82, 2.24) is 10.6 Å². The Morgan fingerprint density at radius 2 is 1.83 bits per heavy atom. The number of hydrogen-bond acceptors (Lipinski definition) is 3. The van der Waals surface area contributed by atoms with Crippen molar-refractivity contribution in [3.05, 3.63) is 12.2 Å². The van der Waals surface area contributed by atoms with Crippen LogP contribution in [0.4, 0.5) is 0 Å². The topological polar surface area (TPSA) is 61.4 Å². The highest BCUT2D eigenvalue weighted by molar-refractivity contribution is 5.78. The van der Waals surface area contributed by atoms with Crippen LogP contribution in [0, 0.1) is 17.8 Å². The second-order valence-electron chi connectivity index (χ2n) is 10.1. The van der Waals surface area contributed by atoms with Crippen molar-refractivity contribution in [2.24, 2.45) is 17.8 Å². The van der Waals surface area contributed by atoms with E-state index < -0.39 is 6.10 Å². The quantitative estimate of drug-likeness (QED) is 0.224. The molecule has 1 saturated carbocycles. The fraction of sp³-hybridized carbons (Fsp3) is 0.885. The maximum Gasteiger partial charge on any atom is 0.223 e. The van der Waals surface area contributed by atoms with Crippen LogP contribution in [0.1, 0.15) is 105 Å². The molecule has 0 spiro atoms. The van der Waals surface area contributed by atoms with Crippen LogP contribution in [0.2, 0.25) is 0 Å². The zero-order valence-electron chi connectivity index (χ0n) is 20.3. The molecule has 30 heavy (non-hydrogen) atoms. The Kier molecular flexibility index (Phi) is 14.4. The molecule has 1 aliphatic carbocycles. The van der Waals surface area contributed by atoms with Gasteiger partial charge in [-0.1, -0.05) is 64.9 Å². The summed E-state index contributed by atoms with van der Waals surface area (Å²) < 4.78 is 0. The van der Waals surface area contributed by atoms with Crippen LogP contribution in [0.5, 0.6) is 0 Å². The fourth-order valence-electron chi connectivity index (χ4n) is 4.65. The summed E-state index contributed by atoms with van der Waals surface area (Å²) in [7, 11) is 0. The SMILES string of the molecule is C=C(C)CC(CC(O)C(CC1CCCCC1)NCCCC(C)C)C(=O)NCCCC. The number of rotatable bonds is 16. The minimum Gasteiger partial charge on any atom is -0.391 e. The molecule has 0 aromatic heterocycles. The summed E-state index contributed by atoms with van der Waals surface area (Å²) in [5.74, 6) is 1.29. The van der Waals surface area contributed by atoms with Gasteiger partial charge in [0.1, 0.15) is 0 Å². The van der Waals surface area contributed by atoms with E-state index in [4.69, 9.17) is 0 Å². The van der Waals surface area contributed by atoms with Crippen molar-refractivity contribution < 1.29 is 9.90 Å². The van der Waals surface area contributed by atoms with E-state index >= 15 is 0 Å². The van der Waals surface area contributed by atoms with E-state index in [0.29, 0.717) is 24.7 Å². The van der Waals surface area contributed by atoms with Crippen molar-refractivity contribution >= 4 is 5.91 Å². The van der Waals surface area contributed by atoms with E-state index in [1.807, 2.05) is 6.92 Å². The molecule has 0 radical (unpaired) electrons. The average Bonchev–Trinajstić information content (AvgIpc) is 2.70. The Hall–Kier alpha value is -0.870. The van der Waals surface area contributed by atoms with E-state index in [1.54, 1.807) is 0 Å². The van der Waals surface area contributed by atoms with Crippen molar-refractivity contribution in [2.45, 2.75) is 117 Å². The van der Waals surface area contributed by atoms with Crippen molar-refractivity contribution in [3.63, 3.8) is 0 Å². The lowest BCUT2D eigenvalue weighted by Crippen LogP contribution is -2.44. The molecular weight excluding hydrogens is 372 g/mol. The first kappa shape index (κ1) is 27.2. The first-order chi connectivity index (χ1) is 14.3. The Balaban J connectivity index is 2.71. The molecule has 176 valence electrons. The van der Waals surface area contributed by atoms with E-state index in [2.05, 4.69) is 38.0 Å². The van der Waals surface area contributed by atoms with Gasteiger partial charge in [0.05, 0.1) is 6.10 Å². The minimum atomic E-state index is -0.493. The van der Waals surface area contributed by atoms with Gasteiger partial charge in [-0.05, 0) is 63.8 Å². The lowest BCUT2D eigenvalue weighted by Gasteiger charge is -2.32. The van der Waals surface area contributed by atoms with Gasteiger partial charge < -0.3 is 15.7 Å². The molecule has 3 atom stereocenters. The maximum atomic E-state index is 12.8. The number of nitrogens with one attached hydrogen (secondary N) is 2. The smallest absolute Gasteiger partial charge is 0.223 e. The Bertz CT molecular complexity index is 472. The third-order valence-corrected chi connectivity index (χ3v) is 6.46. The third-order valence-electron chi connectivity index (χ3n) is 6.46. The summed E-state index contributed by atoms with van der Waals surface area (Å²) in [6.07, 6.45) is 12.7. The van der Waals surface area contributed by atoms with Crippen molar-refractivity contribution in [1.29, 1.82) is 0 Å². The maximum absolute atomic E-state index is 12.8. The van der Waals surface area contributed by atoms with Crippen LogP contribution in [0.3, 0.4) is 0 Å². The van der Waals surface area contributed by atoms with Crippen molar-refractivity contribution in [2.75, 3.05) is 13.1 Å². The number of aliphatic hydroxyl groups excluding tert-OH is 1. The van der Waals surface area contributed by atoms with E-state index in [1.165, 1.54) is 38.5 Å². The lowest BCUT2D eigenvalue weighted by atomic mass is 9.82. The molecule has 1 rings (SSSR count). The average molecular weight is 423 g/mol. The van der Waals surface area contributed by atoms with Gasteiger partial charge in [-0.3, -0.25) is 4.79 Å². The van der Waals surface area contributed by atoms with Crippen LogP contribution in [0.25, 0.3) is 0 Å². The number of carbonyl (C=O) groups is 1. The zero-order chi connectivity index (χ0) is 22.4. The Morgan fingerprint density at radius 3 is 2.43 bits per heavy atom. The van der Waals surface area contributed by atoms with E-state index in [-0.39, 0.29) is 17.9 Å². The van der Waals surface area contributed by atoms with Crippen molar-refractivity contribution in [3.8, 4) is 0 Å². The molecule has 3 unspecified atom stereocenters. The molecule has 0 bridgehead atoms. The van der Waals surface area contributed by atoms with Gasteiger partial charge in [-0.15, -0.1) is 6.58 Å². The molecule has 1 aliphatic rings. The predicted molar refractivity (Wildman–Crippen MR) is 129 cm³/mol. The molecule has 0 aromatic rings. The van der Waals surface area contributed by atoms with Crippen LogP contribution in [0.15, 0.2) is 12.2 Å². The Morgan fingerprint density at radius 1 is 1.13 bits per heavy atom. The van der Waals surface area contributed by atoms with Gasteiger partial charge in [0, 0.05) is 18.5 Å². The fourth-order valence-corrected chi connectivity index (χ4v) is 4.65. The van der Waals surface area contributed by atoms with Gasteiger partial charge in [0.2, 0.25) is 5.91 Å². The summed E-state index contributed by atoms with van der Waals surface area (Å²) in [6, 6.07) is 0.0799. The molecule has 0 aromatic carbocycles. The normalized spacial score (nSPS) is 18.2. The molecule has 3 N–H and O–H groups in total. The van der Waals surface area contributed by atoms with Gasteiger partial charge in [-0.2, -0.15) is 0 Å². The molecule has 1 amide bonds. The van der Waals surface area contributed by atoms with Crippen LogP contribution in [-0.2, 0) is 4.79 Å². The van der Waals surface area contributed by atoms with Crippen LogP contribution >= 0.6 is 0 Å². The van der Waals surface area contributed by atoms with E-state index in [0.717, 1.165) is 44.3 Å². The zero-order valence-corrected chi connectivity index (χ0v) is 20.3. The number of carbonyl (C=O) groups excluding carboxylic acids is 1. The summed E-state index contributed by atoms with van der Waals surface area (Å²) in [6.45, 7) is 14.3. The highest BCUT2D eigenvalue weighted by Gasteiger charge is 2.29. The second-order valence-corrected chi connectivity index (χ2v) is 10.1. The summed E-state index contributed by atoms with van der Waals surface area (Å²) in [5.41, 5.74) is 1.01. The minimum absolute atomic E-state index is 0.0710. The molecule has 4 heteroatoms. The Labute approximate surface area is 186 Å². The first-order valence-corrected chi connectivity index (χ1v) is 12.7. The third kappa shape index (κ3) is 12.1. The van der Waals surface area contributed by atoms with Gasteiger partial charge in [0.25, 0.3) is 0 Å². The molecule has 1 fully saturated rings. The first-order valence-electron chi connectivity index (χ1n) is 12.7. The number of aliphatic hydroxyl groups is 1. The summed E-state index contributed by atoms with van der Waals surface area (Å²) >= 11 is 0. The highest BCUT2D eigenvalue weighted by atomic mass is 16.3. The van der Waals surface area contributed by atoms with Gasteiger partial charge >= 0.3 is 0 Å². The number of unbranched alkanes of at least 4 members (excludes halogenated alkanes) is 1. The molecule has 0 saturated heterocycles. The molecule has 0 aliphatic heterocycles. The van der Waals surface area contributed by atoms with Gasteiger partial charge in [0.15, 0.2) is 0 Å².